The maximum Gasteiger partial charge on any atom is 0.228 e. The quantitative estimate of drug-likeness (QED) is 0.895. The maximum atomic E-state index is 13.5. The Morgan fingerprint density at radius 1 is 1.19 bits per heavy atom. The molecule has 4 nitrogen and oxygen atoms in total. The highest BCUT2D eigenvalue weighted by molar-refractivity contribution is 5.91. The molecule has 1 amide bonds. The average Bonchev–Trinajstić information content (AvgIpc) is 2.65. The van der Waals surface area contributed by atoms with Gasteiger partial charge in [-0.3, -0.25) is 9.69 Å². The Bertz CT molecular complexity index is 771. The lowest BCUT2D eigenvalue weighted by atomic mass is 9.94. The van der Waals surface area contributed by atoms with Gasteiger partial charge in [-0.25, -0.2) is 13.8 Å². The van der Waals surface area contributed by atoms with Crippen molar-refractivity contribution in [3.05, 3.63) is 59.3 Å². The van der Waals surface area contributed by atoms with Crippen LogP contribution >= 0.6 is 0 Å². The minimum absolute atomic E-state index is 0.0125. The van der Waals surface area contributed by atoms with Crippen LogP contribution < -0.4 is 5.32 Å². The monoisotopic (exact) mass is 359 g/mol. The SMILES string of the molecule is Cc1ccc(NC(=O)C2CCN(C(C)c3ccc(F)c(F)c3)CC2)nc1. The molecule has 1 N–H and O–H groups in total. The van der Waals surface area contributed by atoms with E-state index in [9.17, 15) is 13.6 Å². The van der Waals surface area contributed by atoms with Gasteiger partial charge in [-0.2, -0.15) is 0 Å². The lowest BCUT2D eigenvalue weighted by Gasteiger charge is -2.35. The maximum absolute atomic E-state index is 13.5. The predicted molar refractivity (Wildman–Crippen MR) is 96.7 cm³/mol. The van der Waals surface area contributed by atoms with Gasteiger partial charge in [0.1, 0.15) is 5.82 Å². The number of carbonyl (C=O) groups is 1. The number of piperidine rings is 1. The van der Waals surface area contributed by atoms with Crippen LogP contribution in [0.5, 0.6) is 0 Å². The molecule has 2 aromatic rings. The molecule has 3 rings (SSSR count). The summed E-state index contributed by atoms with van der Waals surface area (Å²) in [6.45, 7) is 5.39. The molecule has 6 heteroatoms. The number of likely N-dealkylation sites (tertiary alicyclic amines) is 1. The highest BCUT2D eigenvalue weighted by Gasteiger charge is 2.28. The molecule has 1 aromatic carbocycles. The molecule has 1 unspecified atom stereocenters. The Balaban J connectivity index is 1.55. The Hall–Kier alpha value is -2.34. The molecule has 1 aliphatic heterocycles. The molecule has 26 heavy (non-hydrogen) atoms. The topological polar surface area (TPSA) is 45.2 Å². The molecule has 1 aromatic heterocycles. The van der Waals surface area contributed by atoms with Gasteiger partial charge in [0, 0.05) is 18.2 Å². The minimum Gasteiger partial charge on any atom is -0.310 e. The number of anilines is 1. The fraction of sp³-hybridized carbons (Fsp3) is 0.400. The van der Waals surface area contributed by atoms with Crippen LogP contribution in [0.4, 0.5) is 14.6 Å². The van der Waals surface area contributed by atoms with Crippen molar-refractivity contribution in [1.82, 2.24) is 9.88 Å². The fourth-order valence-electron chi connectivity index (χ4n) is 3.30. The van der Waals surface area contributed by atoms with Gasteiger partial charge in [-0.05, 0) is 69.1 Å². The number of halogens is 2. The number of nitrogens with one attached hydrogen (secondary N) is 1. The number of aromatic nitrogens is 1. The first-order chi connectivity index (χ1) is 12.4. The van der Waals surface area contributed by atoms with Crippen molar-refractivity contribution in [3.63, 3.8) is 0 Å². The van der Waals surface area contributed by atoms with Gasteiger partial charge in [-0.1, -0.05) is 12.1 Å². The first-order valence-corrected chi connectivity index (χ1v) is 8.86. The third-order valence-corrected chi connectivity index (χ3v) is 5.04. The van der Waals surface area contributed by atoms with E-state index in [-0.39, 0.29) is 17.9 Å². The summed E-state index contributed by atoms with van der Waals surface area (Å²) in [7, 11) is 0. The number of aryl methyl sites for hydroxylation is 1. The van der Waals surface area contributed by atoms with Gasteiger partial charge >= 0.3 is 0 Å². The van der Waals surface area contributed by atoms with Crippen LogP contribution in [0.2, 0.25) is 0 Å². The molecule has 0 saturated carbocycles. The van der Waals surface area contributed by atoms with Crippen molar-refractivity contribution >= 4 is 11.7 Å². The summed E-state index contributed by atoms with van der Waals surface area (Å²) in [4.78, 5) is 18.8. The van der Waals surface area contributed by atoms with Crippen LogP contribution in [0, 0.1) is 24.5 Å². The Morgan fingerprint density at radius 3 is 2.54 bits per heavy atom. The molecule has 0 aliphatic carbocycles. The van der Waals surface area contributed by atoms with E-state index in [1.54, 1.807) is 18.3 Å². The first kappa shape index (κ1) is 18.5. The summed E-state index contributed by atoms with van der Waals surface area (Å²) in [5.74, 6) is -1.17. The third-order valence-electron chi connectivity index (χ3n) is 5.04. The molecule has 1 saturated heterocycles. The fourth-order valence-corrected chi connectivity index (χ4v) is 3.30. The number of carbonyl (C=O) groups excluding carboxylic acids is 1. The van der Waals surface area contributed by atoms with E-state index in [1.165, 1.54) is 6.07 Å². The van der Waals surface area contributed by atoms with Gasteiger partial charge in [0.2, 0.25) is 5.91 Å². The molecule has 0 spiro atoms. The third kappa shape index (κ3) is 4.25. The van der Waals surface area contributed by atoms with Gasteiger partial charge in [0.25, 0.3) is 0 Å². The van der Waals surface area contributed by atoms with E-state index in [0.29, 0.717) is 5.82 Å². The molecule has 2 heterocycles. The number of benzene rings is 1. The highest BCUT2D eigenvalue weighted by Crippen LogP contribution is 2.28. The number of amides is 1. The molecule has 138 valence electrons. The van der Waals surface area contributed by atoms with Crippen molar-refractivity contribution in [1.29, 1.82) is 0 Å². The molecule has 1 atom stereocenters. The van der Waals surface area contributed by atoms with Crippen molar-refractivity contribution in [2.75, 3.05) is 18.4 Å². The second kappa shape index (κ2) is 7.91. The van der Waals surface area contributed by atoms with E-state index in [1.807, 2.05) is 19.9 Å². The van der Waals surface area contributed by atoms with Gasteiger partial charge < -0.3 is 5.32 Å². The molecule has 1 aliphatic rings. The lowest BCUT2D eigenvalue weighted by Crippen LogP contribution is -2.39. The number of hydrogen-bond donors (Lipinski definition) is 1. The smallest absolute Gasteiger partial charge is 0.228 e. The highest BCUT2D eigenvalue weighted by atomic mass is 19.2. The number of rotatable bonds is 4. The molecule has 0 radical (unpaired) electrons. The van der Waals surface area contributed by atoms with Crippen LogP contribution in [0.15, 0.2) is 36.5 Å². The van der Waals surface area contributed by atoms with Gasteiger partial charge in [0.15, 0.2) is 11.6 Å². The zero-order valence-corrected chi connectivity index (χ0v) is 15.0. The minimum atomic E-state index is -0.832. The largest absolute Gasteiger partial charge is 0.310 e. The van der Waals surface area contributed by atoms with Gasteiger partial charge in [-0.15, -0.1) is 0 Å². The Kier molecular flexibility index (Phi) is 5.61. The van der Waals surface area contributed by atoms with E-state index in [0.717, 1.165) is 43.1 Å². The summed E-state index contributed by atoms with van der Waals surface area (Å²) in [5.41, 5.74) is 1.79. The van der Waals surface area contributed by atoms with Gasteiger partial charge in [0.05, 0.1) is 0 Å². The summed E-state index contributed by atoms with van der Waals surface area (Å²) in [5, 5.41) is 2.87. The van der Waals surface area contributed by atoms with E-state index < -0.39 is 11.6 Å². The summed E-state index contributed by atoms with van der Waals surface area (Å²) >= 11 is 0. The van der Waals surface area contributed by atoms with Crippen LogP contribution in [0.1, 0.15) is 36.9 Å². The molecular weight excluding hydrogens is 336 g/mol. The zero-order valence-electron chi connectivity index (χ0n) is 15.0. The second-order valence-corrected chi connectivity index (χ2v) is 6.87. The Labute approximate surface area is 152 Å². The van der Waals surface area contributed by atoms with Crippen molar-refractivity contribution in [2.24, 2.45) is 5.92 Å². The van der Waals surface area contributed by atoms with Crippen molar-refractivity contribution in [2.45, 2.75) is 32.7 Å². The predicted octanol–water partition coefficient (Wildman–Crippen LogP) is 4.08. The normalized spacial score (nSPS) is 17.1. The number of hydrogen-bond acceptors (Lipinski definition) is 3. The summed E-state index contributed by atoms with van der Waals surface area (Å²) in [6.07, 6.45) is 3.18. The van der Waals surface area contributed by atoms with Crippen molar-refractivity contribution in [3.8, 4) is 0 Å². The summed E-state index contributed by atoms with van der Waals surface area (Å²) in [6, 6.07) is 7.72. The van der Waals surface area contributed by atoms with E-state index >= 15 is 0 Å². The Morgan fingerprint density at radius 2 is 1.92 bits per heavy atom. The summed E-state index contributed by atoms with van der Waals surface area (Å²) < 4.78 is 26.6. The van der Waals surface area contributed by atoms with E-state index in [2.05, 4.69) is 15.2 Å². The van der Waals surface area contributed by atoms with Crippen molar-refractivity contribution < 1.29 is 13.6 Å². The molecule has 1 fully saturated rings. The molecule has 0 bridgehead atoms. The second-order valence-electron chi connectivity index (χ2n) is 6.87. The lowest BCUT2D eigenvalue weighted by molar-refractivity contribution is -0.121. The van der Waals surface area contributed by atoms with E-state index in [4.69, 9.17) is 0 Å². The standard InChI is InChI=1S/C20H23F2N3O/c1-13-3-6-19(23-12-13)24-20(26)15-7-9-25(10-8-15)14(2)16-4-5-17(21)18(22)11-16/h3-6,11-12,14-15H,7-10H2,1-2H3,(H,23,24,26). The zero-order chi connectivity index (χ0) is 18.7. The van der Waals surface area contributed by atoms with Crippen LogP contribution in [0.25, 0.3) is 0 Å². The number of pyridine rings is 1. The van der Waals surface area contributed by atoms with Crippen LogP contribution in [-0.2, 0) is 4.79 Å². The molecular formula is C20H23F2N3O. The first-order valence-electron chi connectivity index (χ1n) is 8.86. The average molecular weight is 359 g/mol. The van der Waals surface area contributed by atoms with Crippen LogP contribution in [-0.4, -0.2) is 28.9 Å². The van der Waals surface area contributed by atoms with Crippen LogP contribution in [0.3, 0.4) is 0 Å². The number of nitrogens with zero attached hydrogens (tertiary/aromatic N) is 2.